The van der Waals surface area contributed by atoms with Gasteiger partial charge in [0.2, 0.25) is 0 Å². The molecule has 0 fully saturated rings. The zero-order chi connectivity index (χ0) is 17.5. The maximum absolute atomic E-state index is 12.6. The second-order valence-corrected chi connectivity index (χ2v) is 6.42. The van der Waals surface area contributed by atoms with Gasteiger partial charge in [0.15, 0.2) is 5.15 Å². The molecule has 0 aliphatic carbocycles. The molecule has 1 N–H and O–H groups in total. The second-order valence-electron chi connectivity index (χ2n) is 5.62. The average molecular weight is 367 g/mol. The molecule has 0 radical (unpaired) electrons. The highest BCUT2D eigenvalue weighted by molar-refractivity contribution is 6.32. The Balaban J connectivity index is 2.10. The highest BCUT2D eigenvalue weighted by Gasteiger charge is 2.16. The van der Waals surface area contributed by atoms with Crippen molar-refractivity contribution in [1.82, 2.24) is 14.8 Å². The number of urea groups is 1. The van der Waals surface area contributed by atoms with Gasteiger partial charge in [-0.15, -0.1) is 0 Å². The minimum absolute atomic E-state index is 0.221. The number of pyridine rings is 1. The minimum Gasteiger partial charge on any atom is -0.319 e. The summed E-state index contributed by atoms with van der Waals surface area (Å²) in [6, 6.07) is 10.7. The van der Waals surface area contributed by atoms with Gasteiger partial charge in [0, 0.05) is 30.9 Å². The van der Waals surface area contributed by atoms with Gasteiger partial charge in [0.05, 0.1) is 5.69 Å². The van der Waals surface area contributed by atoms with Crippen molar-refractivity contribution < 1.29 is 4.79 Å². The van der Waals surface area contributed by atoms with Crippen molar-refractivity contribution in [3.8, 4) is 0 Å². The first-order chi connectivity index (χ1) is 11.5. The molecule has 128 valence electrons. The smallest absolute Gasteiger partial charge is 0.319 e. The minimum atomic E-state index is -0.221. The summed E-state index contributed by atoms with van der Waals surface area (Å²) in [5, 5.41) is 3.75. The molecule has 2 rings (SSSR count). The van der Waals surface area contributed by atoms with Crippen molar-refractivity contribution in [3.63, 3.8) is 0 Å². The molecule has 2 aromatic rings. The van der Waals surface area contributed by atoms with E-state index in [0.717, 1.165) is 12.1 Å². The van der Waals surface area contributed by atoms with Gasteiger partial charge in [-0.3, -0.25) is 0 Å². The first-order valence-corrected chi connectivity index (χ1v) is 8.27. The van der Waals surface area contributed by atoms with Crippen LogP contribution in [0.2, 0.25) is 10.2 Å². The Hall–Kier alpha value is -1.82. The van der Waals surface area contributed by atoms with Gasteiger partial charge >= 0.3 is 6.03 Å². The molecule has 24 heavy (non-hydrogen) atoms. The third kappa shape index (κ3) is 5.67. The second kappa shape index (κ2) is 8.87. The fourth-order valence-corrected chi connectivity index (χ4v) is 2.35. The summed E-state index contributed by atoms with van der Waals surface area (Å²) >= 11 is 11.9. The number of amides is 2. The molecule has 0 spiro atoms. The molecule has 1 aromatic heterocycles. The van der Waals surface area contributed by atoms with E-state index < -0.39 is 0 Å². The summed E-state index contributed by atoms with van der Waals surface area (Å²) in [7, 11) is 3.94. The first kappa shape index (κ1) is 18.5. The van der Waals surface area contributed by atoms with E-state index in [-0.39, 0.29) is 11.2 Å². The molecule has 1 aromatic carbocycles. The fraction of sp³-hybridized carbons (Fsp3) is 0.294. The van der Waals surface area contributed by atoms with Crippen LogP contribution in [0.25, 0.3) is 0 Å². The van der Waals surface area contributed by atoms with Gasteiger partial charge < -0.3 is 15.1 Å². The lowest BCUT2D eigenvalue weighted by Gasteiger charge is -2.25. The van der Waals surface area contributed by atoms with Crippen LogP contribution in [0.15, 0.2) is 42.6 Å². The zero-order valence-corrected chi connectivity index (χ0v) is 15.2. The predicted octanol–water partition coefficient (Wildman–Crippen LogP) is 3.98. The first-order valence-electron chi connectivity index (χ1n) is 7.51. The summed E-state index contributed by atoms with van der Waals surface area (Å²) < 4.78 is 0. The van der Waals surface area contributed by atoms with Gasteiger partial charge in [0.25, 0.3) is 0 Å². The molecule has 2 amide bonds. The van der Waals surface area contributed by atoms with Crippen LogP contribution in [0.3, 0.4) is 0 Å². The molecule has 1 heterocycles. The Kier molecular flexibility index (Phi) is 6.85. The Labute approximate surface area is 152 Å². The summed E-state index contributed by atoms with van der Waals surface area (Å²) in [6.45, 7) is 1.82. The van der Waals surface area contributed by atoms with Crippen molar-refractivity contribution in [1.29, 1.82) is 0 Å². The number of benzene rings is 1. The molecule has 0 unspecified atom stereocenters. The SMILES string of the molecule is CN(C)CCN(Cc1ccc(Cl)cc1)C(=O)Nc1cccnc1Cl. The maximum Gasteiger partial charge on any atom is 0.322 e. The zero-order valence-electron chi connectivity index (χ0n) is 13.7. The number of hydrogen-bond donors (Lipinski definition) is 1. The standard InChI is InChI=1S/C17H20Cl2N4O/c1-22(2)10-11-23(12-13-5-7-14(18)8-6-13)17(24)21-15-4-3-9-20-16(15)19/h3-9H,10-12H2,1-2H3,(H,21,24). The summed E-state index contributed by atoms with van der Waals surface area (Å²) in [6.07, 6.45) is 1.58. The molecule has 0 saturated carbocycles. The van der Waals surface area contributed by atoms with Crippen LogP contribution in [0.1, 0.15) is 5.56 Å². The van der Waals surface area contributed by atoms with Crippen LogP contribution >= 0.6 is 23.2 Å². The van der Waals surface area contributed by atoms with Crippen LogP contribution in [0.5, 0.6) is 0 Å². The lowest BCUT2D eigenvalue weighted by molar-refractivity contribution is 0.202. The van der Waals surface area contributed by atoms with E-state index in [4.69, 9.17) is 23.2 Å². The average Bonchev–Trinajstić information content (AvgIpc) is 2.55. The molecule has 0 atom stereocenters. The molecule has 0 aliphatic rings. The van der Waals surface area contributed by atoms with Gasteiger partial charge in [-0.25, -0.2) is 9.78 Å². The monoisotopic (exact) mass is 366 g/mol. The topological polar surface area (TPSA) is 48.5 Å². The highest BCUT2D eigenvalue weighted by atomic mass is 35.5. The third-order valence-corrected chi connectivity index (χ3v) is 3.94. The number of anilines is 1. The molecule has 0 bridgehead atoms. The Morgan fingerprint density at radius 2 is 1.83 bits per heavy atom. The van der Waals surface area contributed by atoms with Gasteiger partial charge in [0.1, 0.15) is 0 Å². The fourth-order valence-electron chi connectivity index (χ4n) is 2.06. The number of hydrogen-bond acceptors (Lipinski definition) is 3. The van der Waals surface area contributed by atoms with E-state index >= 15 is 0 Å². The lowest BCUT2D eigenvalue weighted by atomic mass is 10.2. The number of aromatic nitrogens is 1. The summed E-state index contributed by atoms with van der Waals surface area (Å²) in [5.41, 5.74) is 1.50. The Bertz CT molecular complexity index is 677. The van der Waals surface area contributed by atoms with Gasteiger partial charge in [-0.2, -0.15) is 0 Å². The Morgan fingerprint density at radius 1 is 1.12 bits per heavy atom. The van der Waals surface area contributed by atoms with E-state index in [1.54, 1.807) is 23.2 Å². The largest absolute Gasteiger partial charge is 0.322 e. The van der Waals surface area contributed by atoms with Gasteiger partial charge in [-0.05, 0) is 43.9 Å². The molecular formula is C17H20Cl2N4O. The van der Waals surface area contributed by atoms with E-state index in [0.29, 0.717) is 23.8 Å². The van der Waals surface area contributed by atoms with Crippen LogP contribution in [-0.4, -0.2) is 48.0 Å². The third-order valence-electron chi connectivity index (χ3n) is 3.39. The summed E-state index contributed by atoms with van der Waals surface area (Å²) in [4.78, 5) is 20.4. The number of carbonyl (C=O) groups excluding carboxylic acids is 1. The normalized spacial score (nSPS) is 10.7. The molecule has 5 nitrogen and oxygen atoms in total. The number of likely N-dealkylation sites (N-methyl/N-ethyl adjacent to an activating group) is 1. The lowest BCUT2D eigenvalue weighted by Crippen LogP contribution is -2.39. The molecule has 0 aliphatic heterocycles. The quantitative estimate of drug-likeness (QED) is 0.786. The maximum atomic E-state index is 12.6. The van der Waals surface area contributed by atoms with Crippen LogP contribution in [0, 0.1) is 0 Å². The van der Waals surface area contributed by atoms with E-state index in [1.165, 1.54) is 0 Å². The van der Waals surface area contributed by atoms with Crippen molar-refractivity contribution in [2.24, 2.45) is 0 Å². The van der Waals surface area contributed by atoms with Crippen LogP contribution in [0.4, 0.5) is 10.5 Å². The van der Waals surface area contributed by atoms with E-state index in [2.05, 4.69) is 10.3 Å². The van der Waals surface area contributed by atoms with Crippen molar-refractivity contribution in [2.45, 2.75) is 6.54 Å². The number of nitrogens with one attached hydrogen (secondary N) is 1. The van der Waals surface area contributed by atoms with Crippen molar-refractivity contribution >= 4 is 34.9 Å². The van der Waals surface area contributed by atoms with E-state index in [9.17, 15) is 4.79 Å². The number of halogens is 2. The Morgan fingerprint density at radius 3 is 2.46 bits per heavy atom. The predicted molar refractivity (Wildman–Crippen MR) is 98.7 cm³/mol. The molecule has 7 heteroatoms. The van der Waals surface area contributed by atoms with Crippen LogP contribution in [-0.2, 0) is 6.54 Å². The molecule has 0 saturated heterocycles. The van der Waals surface area contributed by atoms with Gasteiger partial charge in [-0.1, -0.05) is 35.3 Å². The van der Waals surface area contributed by atoms with Crippen molar-refractivity contribution in [3.05, 3.63) is 58.3 Å². The number of rotatable bonds is 6. The molecular weight excluding hydrogens is 347 g/mol. The highest BCUT2D eigenvalue weighted by Crippen LogP contribution is 2.18. The number of carbonyl (C=O) groups is 1. The van der Waals surface area contributed by atoms with E-state index in [1.807, 2.05) is 43.3 Å². The van der Waals surface area contributed by atoms with Crippen molar-refractivity contribution in [2.75, 3.05) is 32.5 Å². The van der Waals surface area contributed by atoms with Crippen LogP contribution < -0.4 is 5.32 Å². The summed E-state index contributed by atoms with van der Waals surface area (Å²) in [5.74, 6) is 0. The number of nitrogens with zero attached hydrogens (tertiary/aromatic N) is 3.